The lowest BCUT2D eigenvalue weighted by Gasteiger charge is -2.15. The predicted octanol–water partition coefficient (Wildman–Crippen LogP) is 2.11. The molecule has 23 heavy (non-hydrogen) atoms. The fraction of sp³-hybridized carbons (Fsp3) is 0.412. The Labute approximate surface area is 139 Å². The van der Waals surface area contributed by atoms with E-state index in [-0.39, 0.29) is 5.91 Å². The molecule has 0 spiro atoms. The smallest absolute Gasteiger partial charge is 0.273 e. The van der Waals surface area contributed by atoms with E-state index in [9.17, 15) is 4.79 Å². The molecule has 0 radical (unpaired) electrons. The number of nitrogens with zero attached hydrogens (tertiary/aromatic N) is 2. The number of carbonyl (C=O) groups excluding carboxylic acids is 1. The van der Waals surface area contributed by atoms with Gasteiger partial charge in [0.2, 0.25) is 0 Å². The number of ether oxygens (including phenoxy) is 1. The van der Waals surface area contributed by atoms with E-state index in [1.807, 2.05) is 34.5 Å². The number of carbonyl (C=O) groups is 1. The van der Waals surface area contributed by atoms with E-state index in [0.717, 1.165) is 42.5 Å². The first kappa shape index (κ1) is 14.7. The summed E-state index contributed by atoms with van der Waals surface area (Å²) in [5.41, 5.74) is 1.58. The van der Waals surface area contributed by atoms with Crippen molar-refractivity contribution in [3.63, 3.8) is 0 Å². The number of thiazole rings is 1. The van der Waals surface area contributed by atoms with E-state index < -0.39 is 0 Å². The summed E-state index contributed by atoms with van der Waals surface area (Å²) in [7, 11) is 1.65. The lowest BCUT2D eigenvalue weighted by molar-refractivity contribution is 0.0777. The fourth-order valence-electron chi connectivity index (χ4n) is 3.42. The van der Waals surface area contributed by atoms with E-state index in [1.165, 1.54) is 11.3 Å². The molecule has 4 rings (SSSR count). The van der Waals surface area contributed by atoms with Crippen LogP contribution in [0.4, 0.5) is 0 Å². The van der Waals surface area contributed by atoms with Crippen molar-refractivity contribution in [2.75, 3.05) is 33.3 Å². The third-order valence-electron chi connectivity index (χ3n) is 4.74. The second-order valence-electron chi connectivity index (χ2n) is 6.15. The first-order valence-corrected chi connectivity index (χ1v) is 8.72. The van der Waals surface area contributed by atoms with Gasteiger partial charge >= 0.3 is 0 Å². The van der Waals surface area contributed by atoms with Crippen molar-refractivity contribution >= 4 is 17.2 Å². The molecule has 0 aliphatic carbocycles. The molecule has 0 bridgehead atoms. The molecule has 2 fully saturated rings. The Hall–Kier alpha value is -1.92. The van der Waals surface area contributed by atoms with Gasteiger partial charge in [0.05, 0.1) is 7.11 Å². The maximum atomic E-state index is 12.7. The number of hydrogen-bond acceptors (Lipinski definition) is 5. The van der Waals surface area contributed by atoms with Gasteiger partial charge in [-0.25, -0.2) is 4.98 Å². The molecule has 2 aromatic rings. The van der Waals surface area contributed by atoms with E-state index in [2.05, 4.69) is 10.3 Å². The molecule has 1 aromatic carbocycles. The van der Waals surface area contributed by atoms with Gasteiger partial charge in [0.15, 0.2) is 0 Å². The molecule has 2 atom stereocenters. The number of likely N-dealkylation sites (tertiary alicyclic amines) is 1. The summed E-state index contributed by atoms with van der Waals surface area (Å²) in [4.78, 5) is 19.2. The molecule has 6 heteroatoms. The van der Waals surface area contributed by atoms with Gasteiger partial charge in [-0.15, -0.1) is 11.3 Å². The van der Waals surface area contributed by atoms with Crippen LogP contribution in [0.25, 0.3) is 10.6 Å². The number of benzene rings is 1. The zero-order valence-electron chi connectivity index (χ0n) is 13.0. The minimum absolute atomic E-state index is 0.0652. The first-order chi connectivity index (χ1) is 11.2. The van der Waals surface area contributed by atoms with Crippen molar-refractivity contribution in [1.29, 1.82) is 0 Å². The van der Waals surface area contributed by atoms with Crippen LogP contribution >= 0.6 is 11.3 Å². The predicted molar refractivity (Wildman–Crippen MR) is 89.9 cm³/mol. The normalized spacial score (nSPS) is 23.1. The Bertz CT molecular complexity index is 701. The summed E-state index contributed by atoms with van der Waals surface area (Å²) in [6.45, 7) is 3.77. The van der Waals surface area contributed by atoms with Gasteiger partial charge in [-0.2, -0.15) is 0 Å². The minimum atomic E-state index is 0.0652. The quantitative estimate of drug-likeness (QED) is 0.937. The van der Waals surface area contributed by atoms with Crippen LogP contribution in [-0.4, -0.2) is 49.1 Å². The number of rotatable bonds is 3. The number of fused-ring (bicyclic) bond motifs is 1. The zero-order valence-corrected chi connectivity index (χ0v) is 13.8. The van der Waals surface area contributed by atoms with Gasteiger partial charge < -0.3 is 15.0 Å². The summed E-state index contributed by atoms with van der Waals surface area (Å²) in [6, 6.07) is 7.76. The molecule has 2 aliphatic heterocycles. The Morgan fingerprint density at radius 3 is 2.61 bits per heavy atom. The fourth-order valence-corrected chi connectivity index (χ4v) is 4.22. The highest BCUT2D eigenvalue weighted by atomic mass is 32.1. The Morgan fingerprint density at radius 2 is 1.96 bits per heavy atom. The molecule has 120 valence electrons. The molecule has 2 aliphatic rings. The van der Waals surface area contributed by atoms with Crippen molar-refractivity contribution in [1.82, 2.24) is 15.2 Å². The molecule has 0 saturated carbocycles. The standard InChI is InChI=1S/C17H19N3O2S/c1-22-14-4-2-11(3-5-14)16-19-15(10-23-16)17(21)20-8-12-6-18-7-13(12)9-20/h2-5,10,12-13,18H,6-9H2,1H3/t12-,13+. The van der Waals surface area contributed by atoms with Gasteiger partial charge in [0, 0.05) is 37.1 Å². The third kappa shape index (κ3) is 2.72. The van der Waals surface area contributed by atoms with Crippen molar-refractivity contribution in [3.8, 4) is 16.3 Å². The van der Waals surface area contributed by atoms with Crippen molar-refractivity contribution in [3.05, 3.63) is 35.3 Å². The topological polar surface area (TPSA) is 54.5 Å². The first-order valence-electron chi connectivity index (χ1n) is 7.84. The Balaban J connectivity index is 1.50. The SMILES string of the molecule is COc1ccc(-c2nc(C(=O)N3C[C@H]4CNC[C@H]4C3)cs2)cc1. The maximum absolute atomic E-state index is 12.7. The molecule has 0 unspecified atom stereocenters. The van der Waals surface area contributed by atoms with Crippen molar-refractivity contribution in [2.24, 2.45) is 11.8 Å². The molecular formula is C17H19N3O2S. The van der Waals surface area contributed by atoms with E-state index in [1.54, 1.807) is 7.11 Å². The number of aromatic nitrogens is 1. The van der Waals surface area contributed by atoms with Crippen LogP contribution in [0.2, 0.25) is 0 Å². The average Bonchev–Trinajstić information content (AvgIpc) is 3.29. The van der Waals surface area contributed by atoms with E-state index in [4.69, 9.17) is 4.74 Å². The third-order valence-corrected chi connectivity index (χ3v) is 5.63. The van der Waals surface area contributed by atoms with Gasteiger partial charge in [-0.3, -0.25) is 4.79 Å². The van der Waals surface area contributed by atoms with E-state index >= 15 is 0 Å². The molecule has 5 nitrogen and oxygen atoms in total. The van der Waals surface area contributed by atoms with Crippen LogP contribution in [-0.2, 0) is 0 Å². The lowest BCUT2D eigenvalue weighted by Crippen LogP contribution is -2.32. The molecule has 2 saturated heterocycles. The Morgan fingerprint density at radius 1 is 1.26 bits per heavy atom. The highest BCUT2D eigenvalue weighted by molar-refractivity contribution is 7.13. The van der Waals surface area contributed by atoms with Crippen LogP contribution in [0, 0.1) is 11.8 Å². The molecular weight excluding hydrogens is 310 g/mol. The maximum Gasteiger partial charge on any atom is 0.273 e. The van der Waals surface area contributed by atoms with Crippen LogP contribution in [0.15, 0.2) is 29.6 Å². The van der Waals surface area contributed by atoms with Gasteiger partial charge in [-0.05, 0) is 36.1 Å². The highest BCUT2D eigenvalue weighted by Gasteiger charge is 2.38. The monoisotopic (exact) mass is 329 g/mol. The molecule has 3 heterocycles. The number of hydrogen-bond donors (Lipinski definition) is 1. The number of methoxy groups -OCH3 is 1. The lowest BCUT2D eigenvalue weighted by atomic mass is 10.0. The van der Waals surface area contributed by atoms with Crippen molar-refractivity contribution < 1.29 is 9.53 Å². The average molecular weight is 329 g/mol. The van der Waals surface area contributed by atoms with Gasteiger partial charge in [-0.1, -0.05) is 0 Å². The minimum Gasteiger partial charge on any atom is -0.497 e. The Kier molecular flexibility index (Phi) is 3.79. The van der Waals surface area contributed by atoms with Crippen LogP contribution < -0.4 is 10.1 Å². The largest absolute Gasteiger partial charge is 0.497 e. The second-order valence-corrected chi connectivity index (χ2v) is 7.01. The molecule has 1 N–H and O–H groups in total. The summed E-state index contributed by atoms with van der Waals surface area (Å²) in [6.07, 6.45) is 0. The summed E-state index contributed by atoms with van der Waals surface area (Å²) >= 11 is 1.51. The number of amides is 1. The van der Waals surface area contributed by atoms with Crippen LogP contribution in [0.3, 0.4) is 0 Å². The molecule has 1 aromatic heterocycles. The van der Waals surface area contributed by atoms with Crippen LogP contribution in [0.5, 0.6) is 5.75 Å². The van der Waals surface area contributed by atoms with Gasteiger partial charge in [0.25, 0.3) is 5.91 Å². The zero-order chi connectivity index (χ0) is 15.8. The van der Waals surface area contributed by atoms with Gasteiger partial charge in [0.1, 0.15) is 16.5 Å². The number of nitrogens with one attached hydrogen (secondary N) is 1. The van der Waals surface area contributed by atoms with E-state index in [0.29, 0.717) is 17.5 Å². The molecule has 1 amide bonds. The van der Waals surface area contributed by atoms with Crippen molar-refractivity contribution in [2.45, 2.75) is 0 Å². The highest BCUT2D eigenvalue weighted by Crippen LogP contribution is 2.29. The summed E-state index contributed by atoms with van der Waals surface area (Å²) < 4.78 is 5.17. The van der Waals surface area contributed by atoms with Crippen LogP contribution in [0.1, 0.15) is 10.5 Å². The summed E-state index contributed by atoms with van der Waals surface area (Å²) in [5, 5.41) is 6.14. The second kappa shape index (κ2) is 5.94. The summed E-state index contributed by atoms with van der Waals surface area (Å²) in [5.74, 6) is 2.10.